The largest absolute Gasteiger partial charge is 0.334 e. The first-order chi connectivity index (χ1) is 9.36. The minimum absolute atomic E-state index is 0.0864. The van der Waals surface area contributed by atoms with Gasteiger partial charge in [-0.25, -0.2) is 0 Å². The molecular formula is C18H31NO. The van der Waals surface area contributed by atoms with Crippen molar-refractivity contribution in [2.24, 2.45) is 5.92 Å². The van der Waals surface area contributed by atoms with Gasteiger partial charge in [-0.1, -0.05) is 30.7 Å². The molecule has 0 aromatic heterocycles. The Morgan fingerprint density at radius 3 is 2.35 bits per heavy atom. The molecule has 1 amide bonds. The van der Waals surface area contributed by atoms with Crippen molar-refractivity contribution < 1.29 is 4.79 Å². The predicted octanol–water partition coefficient (Wildman–Crippen LogP) is 4.72. The Balaban J connectivity index is 2.53. The summed E-state index contributed by atoms with van der Waals surface area (Å²) < 4.78 is 0. The molecule has 0 aromatic carbocycles. The van der Waals surface area contributed by atoms with E-state index in [4.69, 9.17) is 0 Å². The molecule has 0 aliphatic heterocycles. The van der Waals surface area contributed by atoms with Crippen molar-refractivity contribution in [2.75, 3.05) is 6.54 Å². The molecule has 1 fully saturated rings. The van der Waals surface area contributed by atoms with Crippen LogP contribution in [-0.4, -0.2) is 22.9 Å². The first-order valence-electron chi connectivity index (χ1n) is 7.98. The van der Waals surface area contributed by atoms with E-state index in [9.17, 15) is 4.79 Å². The number of carbonyl (C=O) groups excluding carboxylic acids is 1. The van der Waals surface area contributed by atoms with E-state index < -0.39 is 0 Å². The highest BCUT2D eigenvalue weighted by molar-refractivity contribution is 5.82. The van der Waals surface area contributed by atoms with Gasteiger partial charge in [-0.15, -0.1) is 0 Å². The highest BCUT2D eigenvalue weighted by atomic mass is 16.2. The van der Waals surface area contributed by atoms with Crippen LogP contribution in [0.1, 0.15) is 66.7 Å². The Bertz CT molecular complexity index is 369. The molecule has 0 heterocycles. The molecule has 2 nitrogen and oxygen atoms in total. The zero-order chi connectivity index (χ0) is 15.2. The summed E-state index contributed by atoms with van der Waals surface area (Å²) >= 11 is 0. The molecule has 0 atom stereocenters. The highest BCUT2D eigenvalue weighted by Crippen LogP contribution is 2.33. The van der Waals surface area contributed by atoms with Crippen LogP contribution < -0.4 is 0 Å². The number of unbranched alkanes of at least 4 members (excludes halogenated alkanes) is 1. The van der Waals surface area contributed by atoms with Gasteiger partial charge in [0.1, 0.15) is 0 Å². The quantitative estimate of drug-likeness (QED) is 0.487. The summed E-state index contributed by atoms with van der Waals surface area (Å²) in [4.78, 5) is 14.4. The molecule has 1 saturated carbocycles. The third-order valence-electron chi connectivity index (χ3n) is 3.64. The van der Waals surface area contributed by atoms with Gasteiger partial charge in [-0.05, 0) is 59.8 Å². The van der Waals surface area contributed by atoms with Crippen LogP contribution >= 0.6 is 0 Å². The maximum Gasteiger partial charge on any atom is 0.226 e. The predicted molar refractivity (Wildman–Crippen MR) is 86.6 cm³/mol. The molecule has 0 unspecified atom stereocenters. The summed E-state index contributed by atoms with van der Waals surface area (Å²) in [6.45, 7) is 11.5. The topological polar surface area (TPSA) is 20.3 Å². The van der Waals surface area contributed by atoms with Crippen LogP contribution in [0.25, 0.3) is 0 Å². The number of hydrogen-bond acceptors (Lipinski definition) is 1. The first kappa shape index (κ1) is 17.0. The van der Waals surface area contributed by atoms with Crippen molar-refractivity contribution >= 4 is 5.91 Å². The zero-order valence-electron chi connectivity index (χ0n) is 13.9. The molecule has 1 aliphatic carbocycles. The van der Waals surface area contributed by atoms with Crippen LogP contribution in [0, 0.1) is 5.92 Å². The van der Waals surface area contributed by atoms with Gasteiger partial charge in [0.05, 0.1) is 0 Å². The second-order valence-electron chi connectivity index (χ2n) is 6.88. The van der Waals surface area contributed by atoms with E-state index in [1.54, 1.807) is 0 Å². The summed E-state index contributed by atoms with van der Waals surface area (Å²) in [6.07, 6.45) is 12.2. The standard InChI is InChI=1S/C18H31NO/c1-6-7-8-9-10-11-15(2)14-19(18(3,4)5)17(20)16-12-13-16/h7-8,11,16H,6,9-10,12-14H2,1-5H3/b8-7-,15-11+. The minimum Gasteiger partial charge on any atom is -0.334 e. The Hall–Kier alpha value is -1.05. The van der Waals surface area contributed by atoms with E-state index in [2.05, 4.69) is 57.7 Å². The lowest BCUT2D eigenvalue weighted by molar-refractivity contribution is -0.136. The molecule has 0 N–H and O–H groups in total. The summed E-state index contributed by atoms with van der Waals surface area (Å²) in [5, 5.41) is 0. The van der Waals surface area contributed by atoms with Gasteiger partial charge in [0.25, 0.3) is 0 Å². The van der Waals surface area contributed by atoms with Gasteiger partial charge in [0.2, 0.25) is 5.91 Å². The lowest BCUT2D eigenvalue weighted by Crippen LogP contribution is -2.47. The van der Waals surface area contributed by atoms with Crippen LogP contribution in [0.4, 0.5) is 0 Å². The molecule has 1 aliphatic rings. The van der Waals surface area contributed by atoms with Crippen molar-refractivity contribution in [2.45, 2.75) is 72.3 Å². The normalized spacial score (nSPS) is 16.8. The Kier molecular flexibility index (Phi) is 6.51. The molecule has 2 heteroatoms. The molecule has 0 radical (unpaired) electrons. The van der Waals surface area contributed by atoms with Crippen LogP contribution in [-0.2, 0) is 4.79 Å². The van der Waals surface area contributed by atoms with Crippen molar-refractivity contribution in [3.63, 3.8) is 0 Å². The number of allylic oxidation sites excluding steroid dienone is 3. The molecule has 114 valence electrons. The van der Waals surface area contributed by atoms with Crippen LogP contribution in [0.5, 0.6) is 0 Å². The lowest BCUT2D eigenvalue weighted by atomic mass is 10.0. The van der Waals surface area contributed by atoms with Gasteiger partial charge < -0.3 is 4.90 Å². The fourth-order valence-corrected chi connectivity index (χ4v) is 2.22. The zero-order valence-corrected chi connectivity index (χ0v) is 13.9. The Morgan fingerprint density at radius 1 is 1.20 bits per heavy atom. The van der Waals surface area contributed by atoms with Crippen molar-refractivity contribution in [1.29, 1.82) is 0 Å². The molecule has 0 saturated heterocycles. The number of amides is 1. The second kappa shape index (κ2) is 7.66. The summed E-state index contributed by atoms with van der Waals surface area (Å²) in [6, 6.07) is 0. The number of rotatable bonds is 7. The average Bonchev–Trinajstić information content (AvgIpc) is 3.17. The lowest BCUT2D eigenvalue weighted by Gasteiger charge is -2.36. The van der Waals surface area contributed by atoms with Gasteiger partial charge in [0.15, 0.2) is 0 Å². The molecule has 1 rings (SSSR count). The Morgan fingerprint density at radius 2 is 1.85 bits per heavy atom. The van der Waals surface area contributed by atoms with E-state index in [0.717, 1.165) is 38.6 Å². The minimum atomic E-state index is -0.0864. The summed E-state index contributed by atoms with van der Waals surface area (Å²) in [7, 11) is 0. The van der Waals surface area contributed by atoms with Gasteiger partial charge in [-0.3, -0.25) is 4.79 Å². The molecule has 0 aromatic rings. The monoisotopic (exact) mass is 277 g/mol. The summed E-state index contributed by atoms with van der Waals surface area (Å²) in [5.74, 6) is 0.644. The van der Waals surface area contributed by atoms with E-state index in [-0.39, 0.29) is 5.54 Å². The molecule has 20 heavy (non-hydrogen) atoms. The third-order valence-corrected chi connectivity index (χ3v) is 3.64. The van der Waals surface area contributed by atoms with Crippen LogP contribution in [0.15, 0.2) is 23.8 Å². The molecule has 0 spiro atoms. The van der Waals surface area contributed by atoms with Gasteiger partial charge >= 0.3 is 0 Å². The van der Waals surface area contributed by atoms with E-state index in [1.807, 2.05) is 0 Å². The highest BCUT2D eigenvalue weighted by Gasteiger charge is 2.37. The number of nitrogens with zero attached hydrogens (tertiary/aromatic N) is 1. The fraction of sp³-hybridized carbons (Fsp3) is 0.722. The van der Waals surface area contributed by atoms with Crippen molar-refractivity contribution in [1.82, 2.24) is 4.90 Å². The van der Waals surface area contributed by atoms with Crippen LogP contribution in [0.2, 0.25) is 0 Å². The Labute approximate surface area is 124 Å². The van der Waals surface area contributed by atoms with Gasteiger partial charge in [-0.2, -0.15) is 0 Å². The summed E-state index contributed by atoms with van der Waals surface area (Å²) in [5.41, 5.74) is 1.22. The number of hydrogen-bond donors (Lipinski definition) is 0. The van der Waals surface area contributed by atoms with E-state index in [0.29, 0.717) is 11.8 Å². The van der Waals surface area contributed by atoms with Crippen molar-refractivity contribution in [3.8, 4) is 0 Å². The van der Waals surface area contributed by atoms with Crippen molar-refractivity contribution in [3.05, 3.63) is 23.8 Å². The van der Waals surface area contributed by atoms with E-state index >= 15 is 0 Å². The molecular weight excluding hydrogens is 246 g/mol. The fourth-order valence-electron chi connectivity index (χ4n) is 2.22. The molecule has 0 bridgehead atoms. The maximum atomic E-state index is 12.4. The first-order valence-corrected chi connectivity index (χ1v) is 7.98. The smallest absolute Gasteiger partial charge is 0.226 e. The third kappa shape index (κ3) is 5.94. The number of carbonyl (C=O) groups is 1. The van der Waals surface area contributed by atoms with Gasteiger partial charge in [0, 0.05) is 18.0 Å². The van der Waals surface area contributed by atoms with E-state index in [1.165, 1.54) is 5.57 Å². The maximum absolute atomic E-state index is 12.4. The average molecular weight is 277 g/mol. The SMILES string of the molecule is CC/C=C\CC/C=C(\C)CN(C(=O)C1CC1)C(C)(C)C. The van der Waals surface area contributed by atoms with Crippen LogP contribution in [0.3, 0.4) is 0 Å². The second-order valence-corrected chi connectivity index (χ2v) is 6.88.